The van der Waals surface area contributed by atoms with E-state index < -0.39 is 5.72 Å². The van der Waals surface area contributed by atoms with Gasteiger partial charge in [-0.25, -0.2) is 0 Å². The third kappa shape index (κ3) is 2.33. The van der Waals surface area contributed by atoms with E-state index in [-0.39, 0.29) is 11.8 Å². The van der Waals surface area contributed by atoms with Crippen LogP contribution in [-0.4, -0.2) is 29.7 Å². The summed E-state index contributed by atoms with van der Waals surface area (Å²) in [6.45, 7) is 7.42. The van der Waals surface area contributed by atoms with Crippen LogP contribution in [0.1, 0.15) is 40.0 Å². The number of amides is 1. The number of hydrogen-bond donors (Lipinski definition) is 0. The first-order chi connectivity index (χ1) is 7.00. The van der Waals surface area contributed by atoms with Crippen molar-refractivity contribution >= 4 is 5.91 Å². The Balaban J connectivity index is 1.93. The maximum absolute atomic E-state index is 12.2. The molecular formula is C12H21NO2. The summed E-state index contributed by atoms with van der Waals surface area (Å²) >= 11 is 0. The molecule has 2 aliphatic rings. The van der Waals surface area contributed by atoms with Gasteiger partial charge in [-0.2, -0.15) is 0 Å². The molecule has 1 heterocycles. The lowest BCUT2D eigenvalue weighted by Crippen LogP contribution is -2.45. The van der Waals surface area contributed by atoms with Crippen LogP contribution < -0.4 is 0 Å². The van der Waals surface area contributed by atoms with Gasteiger partial charge in [0.15, 0.2) is 0 Å². The van der Waals surface area contributed by atoms with Crippen LogP contribution in [0, 0.1) is 11.8 Å². The molecule has 1 saturated heterocycles. The van der Waals surface area contributed by atoms with Crippen LogP contribution in [0.4, 0.5) is 0 Å². The lowest BCUT2D eigenvalue weighted by molar-refractivity contribution is -0.148. The second-order valence-electron chi connectivity index (χ2n) is 5.37. The number of rotatable bonds is 3. The molecule has 1 amide bonds. The molecule has 2 rings (SSSR count). The summed E-state index contributed by atoms with van der Waals surface area (Å²) in [6, 6.07) is 0. The van der Waals surface area contributed by atoms with E-state index in [2.05, 4.69) is 6.92 Å². The maximum atomic E-state index is 12.2. The van der Waals surface area contributed by atoms with Gasteiger partial charge in [-0.1, -0.05) is 19.8 Å². The molecule has 0 aromatic carbocycles. The molecule has 0 spiro atoms. The molecule has 0 unspecified atom stereocenters. The van der Waals surface area contributed by atoms with Crippen molar-refractivity contribution in [3.05, 3.63) is 0 Å². The molecule has 1 saturated carbocycles. The Labute approximate surface area is 91.8 Å². The Morgan fingerprint density at radius 2 is 2.20 bits per heavy atom. The molecule has 0 radical (unpaired) electrons. The second-order valence-corrected chi connectivity index (χ2v) is 5.37. The summed E-state index contributed by atoms with van der Waals surface area (Å²) in [5.74, 6) is 1.25. The summed E-state index contributed by atoms with van der Waals surface area (Å²) in [7, 11) is 0. The Hall–Kier alpha value is -0.570. The first-order valence-electron chi connectivity index (χ1n) is 5.96. The van der Waals surface area contributed by atoms with Crippen LogP contribution >= 0.6 is 0 Å². The van der Waals surface area contributed by atoms with Gasteiger partial charge in [0.1, 0.15) is 5.72 Å². The Morgan fingerprint density at radius 1 is 1.53 bits per heavy atom. The largest absolute Gasteiger partial charge is 0.354 e. The zero-order valence-corrected chi connectivity index (χ0v) is 9.95. The van der Waals surface area contributed by atoms with Gasteiger partial charge in [-0.15, -0.1) is 0 Å². The molecule has 1 atom stereocenters. The van der Waals surface area contributed by atoms with Crippen molar-refractivity contribution in [2.75, 3.05) is 13.2 Å². The van der Waals surface area contributed by atoms with Crippen LogP contribution in [0.25, 0.3) is 0 Å². The standard InChI is InChI=1S/C12H21NO2/c1-9(8-10-4-5-10)11(14)13-6-7-15-12(13,2)3/h9-10H,4-8H2,1-3H3/t9-/m0/s1. The van der Waals surface area contributed by atoms with E-state index in [1.807, 2.05) is 18.7 Å². The van der Waals surface area contributed by atoms with Gasteiger partial charge < -0.3 is 9.64 Å². The van der Waals surface area contributed by atoms with Crippen molar-refractivity contribution in [2.24, 2.45) is 11.8 Å². The molecule has 1 aliphatic carbocycles. The molecule has 0 N–H and O–H groups in total. The van der Waals surface area contributed by atoms with E-state index in [1.165, 1.54) is 12.8 Å². The lowest BCUT2D eigenvalue weighted by Gasteiger charge is -2.32. The maximum Gasteiger partial charge on any atom is 0.227 e. The summed E-state index contributed by atoms with van der Waals surface area (Å²) in [5.41, 5.74) is -0.394. The molecule has 15 heavy (non-hydrogen) atoms. The van der Waals surface area contributed by atoms with Crippen LogP contribution in [0.2, 0.25) is 0 Å². The van der Waals surface area contributed by atoms with Crippen LogP contribution in [0.15, 0.2) is 0 Å². The fourth-order valence-corrected chi connectivity index (χ4v) is 2.33. The molecule has 0 bridgehead atoms. The van der Waals surface area contributed by atoms with Crippen molar-refractivity contribution in [1.82, 2.24) is 4.90 Å². The van der Waals surface area contributed by atoms with Gasteiger partial charge in [0.2, 0.25) is 5.91 Å². The topological polar surface area (TPSA) is 29.5 Å². The fourth-order valence-electron chi connectivity index (χ4n) is 2.33. The smallest absolute Gasteiger partial charge is 0.227 e. The van der Waals surface area contributed by atoms with E-state index in [0.717, 1.165) is 18.9 Å². The molecule has 1 aliphatic heterocycles. The van der Waals surface area contributed by atoms with Gasteiger partial charge in [0.25, 0.3) is 0 Å². The number of hydrogen-bond acceptors (Lipinski definition) is 2. The summed E-state index contributed by atoms with van der Waals surface area (Å²) in [6.07, 6.45) is 3.69. The Bertz CT molecular complexity index is 258. The third-order valence-electron chi connectivity index (χ3n) is 3.49. The number of carbonyl (C=O) groups is 1. The van der Waals surface area contributed by atoms with Crippen molar-refractivity contribution in [3.8, 4) is 0 Å². The predicted molar refractivity (Wildman–Crippen MR) is 58.2 cm³/mol. The van der Waals surface area contributed by atoms with Crippen LogP contribution in [0.5, 0.6) is 0 Å². The molecule has 3 heteroatoms. The van der Waals surface area contributed by atoms with E-state index in [1.54, 1.807) is 0 Å². The normalized spacial score (nSPS) is 26.7. The van der Waals surface area contributed by atoms with Crippen LogP contribution in [0.3, 0.4) is 0 Å². The molecule has 86 valence electrons. The van der Waals surface area contributed by atoms with Crippen molar-refractivity contribution in [1.29, 1.82) is 0 Å². The van der Waals surface area contributed by atoms with E-state index in [9.17, 15) is 4.79 Å². The minimum Gasteiger partial charge on any atom is -0.354 e. The average Bonchev–Trinajstić information content (AvgIpc) is 2.88. The van der Waals surface area contributed by atoms with E-state index in [4.69, 9.17) is 4.74 Å². The molecule has 0 aromatic heterocycles. The summed E-state index contributed by atoms with van der Waals surface area (Å²) in [5, 5.41) is 0. The first-order valence-corrected chi connectivity index (χ1v) is 5.96. The Kier molecular flexibility index (Phi) is 2.75. The van der Waals surface area contributed by atoms with E-state index >= 15 is 0 Å². The summed E-state index contributed by atoms with van der Waals surface area (Å²) in [4.78, 5) is 14.1. The number of nitrogens with zero attached hydrogens (tertiary/aromatic N) is 1. The van der Waals surface area contributed by atoms with Gasteiger partial charge >= 0.3 is 0 Å². The van der Waals surface area contributed by atoms with Gasteiger partial charge in [-0.3, -0.25) is 4.79 Å². The highest BCUT2D eigenvalue weighted by atomic mass is 16.5. The monoisotopic (exact) mass is 211 g/mol. The van der Waals surface area contributed by atoms with Gasteiger partial charge in [0.05, 0.1) is 6.61 Å². The summed E-state index contributed by atoms with van der Waals surface area (Å²) < 4.78 is 5.55. The predicted octanol–water partition coefficient (Wildman–Crippen LogP) is 2.02. The van der Waals surface area contributed by atoms with E-state index in [0.29, 0.717) is 6.61 Å². The highest BCUT2D eigenvalue weighted by molar-refractivity contribution is 5.79. The van der Waals surface area contributed by atoms with Crippen LogP contribution in [-0.2, 0) is 9.53 Å². The number of ether oxygens (including phenoxy) is 1. The van der Waals surface area contributed by atoms with Crippen molar-refractivity contribution in [2.45, 2.75) is 45.8 Å². The second kappa shape index (κ2) is 3.78. The molecule has 0 aromatic rings. The van der Waals surface area contributed by atoms with Gasteiger partial charge in [-0.05, 0) is 26.2 Å². The highest BCUT2D eigenvalue weighted by Gasteiger charge is 2.39. The molecule has 3 nitrogen and oxygen atoms in total. The quantitative estimate of drug-likeness (QED) is 0.714. The SMILES string of the molecule is C[C@@H](CC1CC1)C(=O)N1CCOC1(C)C. The van der Waals surface area contributed by atoms with Crippen molar-refractivity contribution < 1.29 is 9.53 Å². The molecule has 2 fully saturated rings. The zero-order valence-electron chi connectivity index (χ0n) is 9.95. The fraction of sp³-hybridized carbons (Fsp3) is 0.917. The highest BCUT2D eigenvalue weighted by Crippen LogP contribution is 2.36. The first kappa shape index (κ1) is 10.9. The minimum absolute atomic E-state index is 0.165. The molecular weight excluding hydrogens is 190 g/mol. The average molecular weight is 211 g/mol. The third-order valence-corrected chi connectivity index (χ3v) is 3.49. The van der Waals surface area contributed by atoms with Gasteiger partial charge in [0, 0.05) is 12.5 Å². The minimum atomic E-state index is -0.394. The Morgan fingerprint density at radius 3 is 2.67 bits per heavy atom. The zero-order chi connectivity index (χ0) is 11.1. The lowest BCUT2D eigenvalue weighted by atomic mass is 10.0. The van der Waals surface area contributed by atoms with Crippen molar-refractivity contribution in [3.63, 3.8) is 0 Å². The number of carbonyl (C=O) groups excluding carboxylic acids is 1.